The third kappa shape index (κ3) is 1.88. The summed E-state index contributed by atoms with van der Waals surface area (Å²) in [5.74, 6) is -2.60. The molecule has 1 N–H and O–H groups in total. The Labute approximate surface area is 76.2 Å². The Bertz CT molecular complexity index is 256. The van der Waals surface area contributed by atoms with Gasteiger partial charge in [-0.25, -0.2) is 0 Å². The maximum absolute atomic E-state index is 11.1. The number of aliphatic carboxylic acids is 1. The maximum atomic E-state index is 11.1. The molecule has 0 saturated heterocycles. The molecule has 1 fully saturated rings. The summed E-state index contributed by atoms with van der Waals surface area (Å²) in [7, 11) is 1.27. The lowest BCUT2D eigenvalue weighted by molar-refractivity contribution is -0.154. The summed E-state index contributed by atoms with van der Waals surface area (Å²) in [6.45, 7) is 3.68. The Morgan fingerprint density at radius 2 is 2.00 bits per heavy atom. The first-order valence-corrected chi connectivity index (χ1v) is 4.03. The third-order valence-corrected chi connectivity index (χ3v) is 2.32. The van der Waals surface area contributed by atoms with Crippen molar-refractivity contribution in [3.8, 4) is 0 Å². The summed E-state index contributed by atoms with van der Waals surface area (Å²) >= 11 is 0. The molecule has 0 aromatic carbocycles. The summed E-state index contributed by atoms with van der Waals surface area (Å²) in [4.78, 5) is 21.9. The predicted octanol–water partition coefficient (Wildman–Crippen LogP) is 0.826. The summed E-state index contributed by atoms with van der Waals surface area (Å²) < 4.78 is 4.52. The van der Waals surface area contributed by atoms with E-state index in [0.29, 0.717) is 12.8 Å². The SMILES string of the molecule is C=C1C[C@H](C(=O)OC)[C@H](C(=O)O)C1. The van der Waals surface area contributed by atoms with Gasteiger partial charge < -0.3 is 9.84 Å². The minimum absolute atomic E-state index is 0.384. The quantitative estimate of drug-likeness (QED) is 0.510. The Hall–Kier alpha value is -1.32. The van der Waals surface area contributed by atoms with Crippen LogP contribution in [-0.2, 0) is 14.3 Å². The second kappa shape index (κ2) is 3.60. The summed E-state index contributed by atoms with van der Waals surface area (Å²) in [5.41, 5.74) is 0.808. The van der Waals surface area contributed by atoms with Crippen molar-refractivity contribution >= 4 is 11.9 Å². The molecule has 0 aromatic rings. The van der Waals surface area contributed by atoms with Crippen molar-refractivity contribution in [3.63, 3.8) is 0 Å². The van der Waals surface area contributed by atoms with Crippen LogP contribution in [0.2, 0.25) is 0 Å². The zero-order valence-corrected chi connectivity index (χ0v) is 7.45. The lowest BCUT2D eigenvalue weighted by Crippen LogP contribution is -2.26. The van der Waals surface area contributed by atoms with Crippen molar-refractivity contribution in [3.05, 3.63) is 12.2 Å². The van der Waals surface area contributed by atoms with Crippen LogP contribution in [0.5, 0.6) is 0 Å². The minimum Gasteiger partial charge on any atom is -0.481 e. The van der Waals surface area contributed by atoms with Crippen LogP contribution in [0.1, 0.15) is 12.8 Å². The summed E-state index contributed by atoms with van der Waals surface area (Å²) in [6.07, 6.45) is 0.818. The van der Waals surface area contributed by atoms with Gasteiger partial charge in [-0.15, -0.1) is 0 Å². The number of allylic oxidation sites excluding steroid dienone is 1. The van der Waals surface area contributed by atoms with Gasteiger partial charge in [0.25, 0.3) is 0 Å². The van der Waals surface area contributed by atoms with Crippen LogP contribution < -0.4 is 0 Å². The summed E-state index contributed by atoms with van der Waals surface area (Å²) in [6, 6.07) is 0. The first-order valence-electron chi connectivity index (χ1n) is 4.03. The number of carbonyl (C=O) groups is 2. The molecule has 0 radical (unpaired) electrons. The second-order valence-corrected chi connectivity index (χ2v) is 3.23. The van der Waals surface area contributed by atoms with Crippen LogP contribution in [0.3, 0.4) is 0 Å². The number of carboxylic acid groups (broad SMARTS) is 1. The van der Waals surface area contributed by atoms with E-state index in [9.17, 15) is 9.59 Å². The molecule has 0 spiro atoms. The number of rotatable bonds is 2. The van der Waals surface area contributed by atoms with Gasteiger partial charge in [-0.05, 0) is 12.8 Å². The number of carboxylic acids is 1. The number of hydrogen-bond acceptors (Lipinski definition) is 3. The van der Waals surface area contributed by atoms with E-state index in [1.807, 2.05) is 0 Å². The first kappa shape index (κ1) is 9.77. The highest BCUT2D eigenvalue weighted by Crippen LogP contribution is 2.35. The zero-order valence-electron chi connectivity index (χ0n) is 7.45. The highest BCUT2D eigenvalue weighted by molar-refractivity contribution is 5.82. The highest BCUT2D eigenvalue weighted by Gasteiger charge is 2.40. The molecular weight excluding hydrogens is 172 g/mol. The first-order chi connectivity index (χ1) is 6.06. The number of carbonyl (C=O) groups excluding carboxylic acids is 1. The fraction of sp³-hybridized carbons (Fsp3) is 0.556. The molecule has 72 valence electrons. The molecule has 1 aliphatic rings. The monoisotopic (exact) mass is 184 g/mol. The van der Waals surface area contributed by atoms with Crippen molar-refractivity contribution in [2.75, 3.05) is 7.11 Å². The standard InChI is InChI=1S/C9H12O4/c1-5-3-6(8(10)11)7(4-5)9(12)13-2/h6-7H,1,3-4H2,2H3,(H,10,11)/t6-,7+/m1/s1. The summed E-state index contributed by atoms with van der Waals surface area (Å²) in [5, 5.41) is 8.80. The normalized spacial score (nSPS) is 27.3. The van der Waals surface area contributed by atoms with Crippen molar-refractivity contribution in [1.82, 2.24) is 0 Å². The molecule has 1 rings (SSSR count). The number of methoxy groups -OCH3 is 1. The fourth-order valence-corrected chi connectivity index (χ4v) is 1.65. The Morgan fingerprint density at radius 1 is 1.46 bits per heavy atom. The fourth-order valence-electron chi connectivity index (χ4n) is 1.65. The molecule has 0 bridgehead atoms. The predicted molar refractivity (Wildman–Crippen MR) is 45.0 cm³/mol. The van der Waals surface area contributed by atoms with Gasteiger partial charge in [0.1, 0.15) is 0 Å². The number of ether oxygens (including phenoxy) is 1. The molecule has 4 nitrogen and oxygen atoms in total. The molecule has 1 aliphatic carbocycles. The van der Waals surface area contributed by atoms with Crippen LogP contribution in [0.4, 0.5) is 0 Å². The van der Waals surface area contributed by atoms with Crippen molar-refractivity contribution in [2.45, 2.75) is 12.8 Å². The van der Waals surface area contributed by atoms with Crippen LogP contribution in [0.15, 0.2) is 12.2 Å². The van der Waals surface area contributed by atoms with Crippen LogP contribution in [-0.4, -0.2) is 24.2 Å². The number of hydrogen-bond donors (Lipinski definition) is 1. The van der Waals surface area contributed by atoms with Gasteiger partial charge in [0.15, 0.2) is 0 Å². The van der Waals surface area contributed by atoms with E-state index in [1.165, 1.54) is 7.11 Å². The van der Waals surface area contributed by atoms with Gasteiger partial charge in [-0.1, -0.05) is 12.2 Å². The maximum Gasteiger partial charge on any atom is 0.309 e. The molecule has 0 unspecified atom stereocenters. The highest BCUT2D eigenvalue weighted by atomic mass is 16.5. The van der Waals surface area contributed by atoms with Gasteiger partial charge in [-0.3, -0.25) is 9.59 Å². The van der Waals surface area contributed by atoms with E-state index in [-0.39, 0.29) is 0 Å². The van der Waals surface area contributed by atoms with Gasteiger partial charge >= 0.3 is 11.9 Å². The van der Waals surface area contributed by atoms with Gasteiger partial charge in [0.05, 0.1) is 18.9 Å². The number of esters is 1. The molecule has 1 saturated carbocycles. The second-order valence-electron chi connectivity index (χ2n) is 3.23. The van der Waals surface area contributed by atoms with E-state index < -0.39 is 23.8 Å². The molecular formula is C9H12O4. The molecule has 0 heterocycles. The molecule has 0 aliphatic heterocycles. The zero-order chi connectivity index (χ0) is 10.0. The minimum atomic E-state index is -0.950. The third-order valence-electron chi connectivity index (χ3n) is 2.32. The van der Waals surface area contributed by atoms with Gasteiger partial charge in [-0.2, -0.15) is 0 Å². The van der Waals surface area contributed by atoms with E-state index >= 15 is 0 Å². The lowest BCUT2D eigenvalue weighted by atomic mass is 9.97. The van der Waals surface area contributed by atoms with Crippen molar-refractivity contribution < 1.29 is 19.4 Å². The van der Waals surface area contributed by atoms with Crippen molar-refractivity contribution in [1.29, 1.82) is 0 Å². The average molecular weight is 184 g/mol. The molecule has 2 atom stereocenters. The Morgan fingerprint density at radius 3 is 2.46 bits per heavy atom. The molecule has 4 heteroatoms. The van der Waals surface area contributed by atoms with Gasteiger partial charge in [0, 0.05) is 0 Å². The van der Waals surface area contributed by atoms with Crippen molar-refractivity contribution in [2.24, 2.45) is 11.8 Å². The van der Waals surface area contributed by atoms with E-state index in [2.05, 4.69) is 11.3 Å². The lowest BCUT2D eigenvalue weighted by Gasteiger charge is -2.11. The molecule has 13 heavy (non-hydrogen) atoms. The molecule has 0 aromatic heterocycles. The van der Waals surface area contributed by atoms with E-state index in [4.69, 9.17) is 5.11 Å². The topological polar surface area (TPSA) is 63.6 Å². The Kier molecular flexibility index (Phi) is 2.70. The van der Waals surface area contributed by atoms with E-state index in [1.54, 1.807) is 0 Å². The largest absolute Gasteiger partial charge is 0.481 e. The van der Waals surface area contributed by atoms with Crippen LogP contribution in [0, 0.1) is 11.8 Å². The average Bonchev–Trinajstić information content (AvgIpc) is 2.46. The van der Waals surface area contributed by atoms with E-state index in [0.717, 1.165) is 5.57 Å². The van der Waals surface area contributed by atoms with Crippen LogP contribution >= 0.6 is 0 Å². The smallest absolute Gasteiger partial charge is 0.309 e. The van der Waals surface area contributed by atoms with Crippen LogP contribution in [0.25, 0.3) is 0 Å². The van der Waals surface area contributed by atoms with Gasteiger partial charge in [0.2, 0.25) is 0 Å². The Balaban J connectivity index is 2.77. The molecule has 0 amide bonds.